The lowest BCUT2D eigenvalue weighted by Gasteiger charge is -2.35. The number of thiazole rings is 1. The summed E-state index contributed by atoms with van der Waals surface area (Å²) in [5.74, 6) is -3.22. The molecule has 2 aromatic carbocycles. The number of carbonyl (C=O) groups excluding carboxylic acids is 4. The number of aromatic nitrogens is 2. The van der Waals surface area contributed by atoms with E-state index in [2.05, 4.69) is 27.5 Å². The van der Waals surface area contributed by atoms with E-state index in [1.807, 2.05) is 26.8 Å². The van der Waals surface area contributed by atoms with Crippen LogP contribution in [-0.2, 0) is 24.0 Å². The number of rotatable bonds is 13. The lowest BCUT2D eigenvalue weighted by atomic mass is 9.77. The summed E-state index contributed by atoms with van der Waals surface area (Å²) >= 11 is 1.24. The first kappa shape index (κ1) is 38.9. The molecule has 1 aliphatic carbocycles. The van der Waals surface area contributed by atoms with Crippen molar-refractivity contribution in [3.8, 4) is 22.9 Å². The van der Waals surface area contributed by atoms with Crippen molar-refractivity contribution < 1.29 is 38.6 Å². The molecule has 0 unspecified atom stereocenters. The maximum Gasteiger partial charge on any atom is 0.330 e. The van der Waals surface area contributed by atoms with Crippen LogP contribution in [-0.4, -0.2) is 80.9 Å². The fraction of sp³-hybridized carbons (Fsp3) is 0.375. The second-order valence-corrected chi connectivity index (χ2v) is 15.8. The molecule has 4 N–H and O–H groups in total. The number of carboxylic acids is 1. The van der Waals surface area contributed by atoms with Crippen molar-refractivity contribution in [3.63, 3.8) is 0 Å². The highest BCUT2D eigenvalue weighted by molar-refractivity contribution is 7.14. The average Bonchev–Trinajstić information content (AvgIpc) is 3.41. The quantitative estimate of drug-likeness (QED) is 0.126. The number of amides is 4. The number of aliphatic carboxylic acids is 1. The Morgan fingerprint density at radius 2 is 1.82 bits per heavy atom. The summed E-state index contributed by atoms with van der Waals surface area (Å²) < 4.78 is 12.1. The van der Waals surface area contributed by atoms with Gasteiger partial charge in [0.15, 0.2) is 5.13 Å². The number of fused-ring (bicyclic) bond motifs is 1. The molecule has 0 spiro atoms. The van der Waals surface area contributed by atoms with E-state index in [9.17, 15) is 29.1 Å². The van der Waals surface area contributed by atoms with Crippen molar-refractivity contribution in [1.82, 2.24) is 20.2 Å². The van der Waals surface area contributed by atoms with Gasteiger partial charge < -0.3 is 35.4 Å². The SMILES string of the molecule is C=C[C@@H]1C[C@]1(NC(=O)[C@@H]1C[C@@H](Oc2cc(-c3csc(NC(C)=O)n3)nc3cc(OC)ccc23)CN1C(=O)[C@@H](CC(=O)Nc1ccccc1)C(C)(C)C)C(=O)O. The van der Waals surface area contributed by atoms with Crippen LogP contribution in [0.25, 0.3) is 22.3 Å². The second-order valence-electron chi connectivity index (χ2n) is 14.9. The Morgan fingerprint density at radius 3 is 2.45 bits per heavy atom. The molecule has 1 saturated heterocycles. The number of carboxylic acid groups (broad SMARTS) is 1. The molecular weight excluding hydrogens is 725 g/mol. The standard InChI is InChI=1S/C40H44N6O8S/c1-7-23-19-40(23,37(51)52)45-35(49)32-16-26(20-46(32)36(50)28(39(3,4)5)17-34(48)42-24-11-9-8-10-12-24)54-33-18-30(31-21-55-38(44-31)41-22(2)47)43-29-15-25(53-6)13-14-27(29)33/h7-15,18,21,23,26,28,32H,1,16-17,19-20H2,2-6H3,(H,42,48)(H,45,49)(H,51,52)(H,41,44,47)/t23-,26-,28-,32+,40-/m1/s1. The summed E-state index contributed by atoms with van der Waals surface area (Å²) in [6.07, 6.45) is 0.844. The molecule has 2 fully saturated rings. The number of nitrogens with zero attached hydrogens (tertiary/aromatic N) is 3. The number of likely N-dealkylation sites (tertiary alicyclic amines) is 1. The number of hydrogen-bond acceptors (Lipinski definition) is 10. The number of carbonyl (C=O) groups is 5. The van der Waals surface area contributed by atoms with Gasteiger partial charge in [-0.1, -0.05) is 45.0 Å². The minimum Gasteiger partial charge on any atom is -0.497 e. The van der Waals surface area contributed by atoms with E-state index >= 15 is 0 Å². The Labute approximate surface area is 322 Å². The largest absolute Gasteiger partial charge is 0.497 e. The van der Waals surface area contributed by atoms with E-state index < -0.39 is 52.7 Å². The van der Waals surface area contributed by atoms with Crippen LogP contribution < -0.4 is 25.4 Å². The van der Waals surface area contributed by atoms with E-state index in [1.165, 1.54) is 29.2 Å². The maximum atomic E-state index is 14.6. The molecule has 2 aliphatic rings. The van der Waals surface area contributed by atoms with Crippen molar-refractivity contribution >= 4 is 62.7 Å². The van der Waals surface area contributed by atoms with E-state index in [-0.39, 0.29) is 37.6 Å². The predicted octanol–water partition coefficient (Wildman–Crippen LogP) is 5.51. The van der Waals surface area contributed by atoms with Crippen LogP contribution in [0.1, 0.15) is 47.0 Å². The van der Waals surface area contributed by atoms with Crippen LogP contribution in [0, 0.1) is 17.3 Å². The first-order chi connectivity index (χ1) is 26.1. The molecule has 4 aromatic rings. The molecule has 15 heteroatoms. The number of anilines is 2. The lowest BCUT2D eigenvalue weighted by molar-refractivity contribution is -0.148. The zero-order valence-electron chi connectivity index (χ0n) is 31.3. The van der Waals surface area contributed by atoms with Crippen molar-refractivity contribution in [1.29, 1.82) is 0 Å². The summed E-state index contributed by atoms with van der Waals surface area (Å²) in [5.41, 5.74) is -0.156. The average molecular weight is 769 g/mol. The normalized spacial score (nSPS) is 21.0. The third-order valence-electron chi connectivity index (χ3n) is 9.99. The Bertz CT molecular complexity index is 2150. The lowest BCUT2D eigenvalue weighted by Crippen LogP contribution is -2.54. The number of hydrogen-bond donors (Lipinski definition) is 4. The summed E-state index contributed by atoms with van der Waals surface area (Å²) in [5, 5.41) is 21.1. The van der Waals surface area contributed by atoms with Gasteiger partial charge in [-0.25, -0.2) is 14.8 Å². The Morgan fingerprint density at radius 1 is 1.07 bits per heavy atom. The van der Waals surface area contributed by atoms with Crippen molar-refractivity contribution in [2.75, 3.05) is 24.3 Å². The monoisotopic (exact) mass is 768 g/mol. The van der Waals surface area contributed by atoms with Gasteiger partial charge in [-0.2, -0.15) is 0 Å². The number of nitrogens with one attached hydrogen (secondary N) is 3. The number of benzene rings is 2. The summed E-state index contributed by atoms with van der Waals surface area (Å²) in [6.45, 7) is 10.7. The predicted molar refractivity (Wildman–Crippen MR) is 208 cm³/mol. The fourth-order valence-corrected chi connectivity index (χ4v) is 7.64. The van der Waals surface area contributed by atoms with Gasteiger partial charge >= 0.3 is 5.97 Å². The molecule has 1 saturated carbocycles. The Hall–Kier alpha value is -5.83. The zero-order chi connectivity index (χ0) is 39.7. The van der Waals surface area contributed by atoms with Crippen LogP contribution in [0.15, 0.2) is 72.6 Å². The van der Waals surface area contributed by atoms with Gasteiger partial charge in [-0.15, -0.1) is 17.9 Å². The van der Waals surface area contributed by atoms with Crippen molar-refractivity contribution in [2.45, 2.75) is 64.6 Å². The highest BCUT2D eigenvalue weighted by Gasteiger charge is 2.61. The summed E-state index contributed by atoms with van der Waals surface area (Å²) in [4.78, 5) is 76.8. The van der Waals surface area contributed by atoms with Crippen LogP contribution in [0.2, 0.25) is 0 Å². The van der Waals surface area contributed by atoms with Gasteiger partial charge in [0.1, 0.15) is 34.9 Å². The zero-order valence-corrected chi connectivity index (χ0v) is 32.1. The van der Waals surface area contributed by atoms with Crippen molar-refractivity contribution in [3.05, 3.63) is 72.6 Å². The van der Waals surface area contributed by atoms with Gasteiger partial charge in [0.05, 0.1) is 30.8 Å². The summed E-state index contributed by atoms with van der Waals surface area (Å²) in [6, 6.07) is 14.8. The van der Waals surface area contributed by atoms with Gasteiger partial charge in [-0.3, -0.25) is 19.2 Å². The third kappa shape index (κ3) is 8.46. The van der Waals surface area contributed by atoms with Crippen LogP contribution in [0.4, 0.5) is 10.8 Å². The molecule has 5 atom stereocenters. The molecule has 288 valence electrons. The highest BCUT2D eigenvalue weighted by Crippen LogP contribution is 2.45. The van der Waals surface area contributed by atoms with E-state index in [4.69, 9.17) is 14.5 Å². The number of pyridine rings is 1. The Balaban J connectivity index is 1.33. The second kappa shape index (κ2) is 15.5. The molecule has 6 rings (SSSR count). The minimum absolute atomic E-state index is 0.0204. The van der Waals surface area contributed by atoms with Gasteiger partial charge in [0.25, 0.3) is 0 Å². The molecule has 4 amide bonds. The van der Waals surface area contributed by atoms with E-state index in [0.29, 0.717) is 44.6 Å². The third-order valence-corrected chi connectivity index (χ3v) is 10.7. The molecule has 14 nitrogen and oxygen atoms in total. The maximum absolute atomic E-state index is 14.6. The minimum atomic E-state index is -1.52. The highest BCUT2D eigenvalue weighted by atomic mass is 32.1. The molecule has 2 aromatic heterocycles. The van der Waals surface area contributed by atoms with Crippen LogP contribution >= 0.6 is 11.3 Å². The van der Waals surface area contributed by atoms with Crippen LogP contribution in [0.3, 0.4) is 0 Å². The van der Waals surface area contributed by atoms with Gasteiger partial charge in [0, 0.05) is 54.3 Å². The molecule has 0 bridgehead atoms. The first-order valence-corrected chi connectivity index (χ1v) is 18.7. The molecular formula is C40H44N6O8S. The van der Waals surface area contributed by atoms with Gasteiger partial charge in [-0.05, 0) is 36.1 Å². The van der Waals surface area contributed by atoms with E-state index in [0.717, 1.165) is 0 Å². The molecule has 0 radical (unpaired) electrons. The number of methoxy groups -OCH3 is 1. The summed E-state index contributed by atoms with van der Waals surface area (Å²) in [7, 11) is 1.54. The first-order valence-electron chi connectivity index (χ1n) is 17.8. The van der Waals surface area contributed by atoms with E-state index in [1.54, 1.807) is 61.0 Å². The Kier molecular flexibility index (Phi) is 11.0. The number of para-hydroxylation sites is 1. The topological polar surface area (TPSA) is 189 Å². The van der Waals surface area contributed by atoms with Crippen molar-refractivity contribution in [2.24, 2.45) is 17.3 Å². The molecule has 1 aliphatic heterocycles. The van der Waals surface area contributed by atoms with Crippen LogP contribution in [0.5, 0.6) is 11.5 Å². The molecule has 55 heavy (non-hydrogen) atoms. The smallest absolute Gasteiger partial charge is 0.330 e. The number of ether oxygens (including phenoxy) is 2. The molecule has 3 heterocycles. The van der Waals surface area contributed by atoms with Gasteiger partial charge in [0.2, 0.25) is 23.6 Å². The fourth-order valence-electron chi connectivity index (χ4n) is 6.89.